The second kappa shape index (κ2) is 11.0. The van der Waals surface area contributed by atoms with Gasteiger partial charge in [0.15, 0.2) is 11.4 Å². The molecule has 0 radical (unpaired) electrons. The molecule has 8 nitrogen and oxygen atoms in total. The van der Waals surface area contributed by atoms with E-state index in [0.29, 0.717) is 33.5 Å². The first kappa shape index (κ1) is 27.3. The molecule has 0 atom stereocenters. The molecule has 0 aliphatic carbocycles. The van der Waals surface area contributed by atoms with Gasteiger partial charge in [0.1, 0.15) is 5.75 Å². The summed E-state index contributed by atoms with van der Waals surface area (Å²) >= 11 is 0. The predicted molar refractivity (Wildman–Crippen MR) is 150 cm³/mol. The van der Waals surface area contributed by atoms with Crippen molar-refractivity contribution in [2.45, 2.75) is 33.0 Å². The van der Waals surface area contributed by atoms with E-state index in [1.807, 2.05) is 48.0 Å². The molecule has 1 aromatic heterocycles. The minimum absolute atomic E-state index is 0.140. The van der Waals surface area contributed by atoms with E-state index in [0.717, 1.165) is 16.6 Å². The van der Waals surface area contributed by atoms with Crippen molar-refractivity contribution in [1.29, 1.82) is 0 Å². The van der Waals surface area contributed by atoms with Crippen molar-refractivity contribution < 1.29 is 29.0 Å². The number of primary amides is 1. The maximum atomic E-state index is 13.7. The van der Waals surface area contributed by atoms with Crippen LogP contribution in [0.25, 0.3) is 23.2 Å². The fourth-order valence-electron chi connectivity index (χ4n) is 4.26. The Balaban J connectivity index is 1.75. The maximum Gasteiger partial charge on any atom is 0.335 e. The van der Waals surface area contributed by atoms with Crippen LogP contribution in [0.5, 0.6) is 5.75 Å². The van der Waals surface area contributed by atoms with Crippen LogP contribution in [0, 0.1) is 6.92 Å². The van der Waals surface area contributed by atoms with Gasteiger partial charge in [-0.1, -0.05) is 30.3 Å². The number of carboxylic acid groups (broad SMARTS) is 1. The second-order valence-corrected chi connectivity index (χ2v) is 9.65. The molecular weight excluding hydrogens is 496 g/mol. The molecule has 0 saturated heterocycles. The molecule has 0 unspecified atom stereocenters. The van der Waals surface area contributed by atoms with E-state index < -0.39 is 17.5 Å². The monoisotopic (exact) mass is 526 g/mol. The summed E-state index contributed by atoms with van der Waals surface area (Å²) in [6.45, 7) is 5.00. The Morgan fingerprint density at radius 2 is 1.74 bits per heavy atom. The Labute approximate surface area is 226 Å². The number of ether oxygens (including phenoxy) is 2. The lowest BCUT2D eigenvalue weighted by Gasteiger charge is -2.20. The number of aliphatic carboxylic acids is 1. The highest BCUT2D eigenvalue weighted by atomic mass is 16.5. The van der Waals surface area contributed by atoms with Gasteiger partial charge in [-0.25, -0.2) is 4.79 Å². The lowest BCUT2D eigenvalue weighted by Crippen LogP contribution is -2.34. The summed E-state index contributed by atoms with van der Waals surface area (Å²) in [6.07, 6.45) is 3.74. The van der Waals surface area contributed by atoms with Crippen LogP contribution < -0.4 is 10.5 Å². The molecule has 0 fully saturated rings. The lowest BCUT2D eigenvalue weighted by atomic mass is 9.99. The maximum absolute atomic E-state index is 13.7. The van der Waals surface area contributed by atoms with Crippen LogP contribution in [0.2, 0.25) is 0 Å². The van der Waals surface area contributed by atoms with Crippen LogP contribution in [0.4, 0.5) is 0 Å². The van der Waals surface area contributed by atoms with Gasteiger partial charge in [0, 0.05) is 28.4 Å². The predicted octanol–water partition coefficient (Wildman–Crippen LogP) is 5.30. The number of carboxylic acids is 1. The number of fused-ring (bicyclic) bond motifs is 1. The quantitative estimate of drug-likeness (QED) is 0.271. The normalized spacial score (nSPS) is 11.7. The number of nitrogens with two attached hydrogens (primary N) is 1. The number of benzene rings is 3. The molecule has 0 aliphatic heterocycles. The molecule has 200 valence electrons. The average molecular weight is 527 g/mol. The van der Waals surface area contributed by atoms with Gasteiger partial charge in [-0.2, -0.15) is 0 Å². The summed E-state index contributed by atoms with van der Waals surface area (Å²) in [5, 5.41) is 9.90. The number of carbonyl (C=O) groups is 3. The van der Waals surface area contributed by atoms with Crippen molar-refractivity contribution in [2.75, 3.05) is 7.11 Å². The second-order valence-electron chi connectivity index (χ2n) is 9.65. The fraction of sp³-hybridized carbons (Fsp3) is 0.194. The van der Waals surface area contributed by atoms with Gasteiger partial charge in [-0.15, -0.1) is 0 Å². The zero-order valence-electron chi connectivity index (χ0n) is 22.2. The van der Waals surface area contributed by atoms with E-state index in [1.54, 1.807) is 49.6 Å². The smallest absolute Gasteiger partial charge is 0.335 e. The number of hydrogen-bond donors (Lipinski definition) is 2. The van der Waals surface area contributed by atoms with Crippen LogP contribution in [0.3, 0.4) is 0 Å². The molecule has 0 aliphatic rings. The first-order chi connectivity index (χ1) is 18.5. The number of rotatable bonds is 10. The minimum atomic E-state index is -1.30. The molecule has 8 heteroatoms. The Bertz CT molecular complexity index is 1610. The largest absolute Gasteiger partial charge is 0.497 e. The molecule has 1 heterocycles. The van der Waals surface area contributed by atoms with Crippen LogP contribution >= 0.6 is 0 Å². The molecule has 1 amide bonds. The highest BCUT2D eigenvalue weighted by Gasteiger charge is 2.27. The van der Waals surface area contributed by atoms with Gasteiger partial charge in [-0.3, -0.25) is 9.59 Å². The van der Waals surface area contributed by atoms with E-state index >= 15 is 0 Å². The third-order valence-electron chi connectivity index (χ3n) is 6.57. The Hall–Kier alpha value is -4.69. The number of aromatic nitrogens is 1. The van der Waals surface area contributed by atoms with Crippen molar-refractivity contribution in [3.05, 3.63) is 100 Å². The molecule has 0 saturated carbocycles. The number of ketones is 1. The van der Waals surface area contributed by atoms with E-state index in [-0.39, 0.29) is 12.4 Å². The van der Waals surface area contributed by atoms with E-state index in [2.05, 4.69) is 0 Å². The van der Waals surface area contributed by atoms with E-state index in [4.69, 9.17) is 15.2 Å². The number of nitrogens with zero attached hydrogens (tertiary/aromatic N) is 1. The minimum Gasteiger partial charge on any atom is -0.497 e. The van der Waals surface area contributed by atoms with Crippen molar-refractivity contribution in [2.24, 2.45) is 5.73 Å². The molecule has 3 N–H and O–H groups in total. The third-order valence-corrected chi connectivity index (χ3v) is 6.57. The van der Waals surface area contributed by atoms with Gasteiger partial charge in [0.05, 0.1) is 24.8 Å². The Kier molecular flexibility index (Phi) is 7.69. The van der Waals surface area contributed by atoms with Gasteiger partial charge in [-0.05, 0) is 74.4 Å². The number of hydrogen-bond acceptors (Lipinski definition) is 5. The van der Waals surface area contributed by atoms with Crippen molar-refractivity contribution >= 4 is 40.8 Å². The van der Waals surface area contributed by atoms with Crippen molar-refractivity contribution in [3.63, 3.8) is 0 Å². The molecular formula is C31H30N2O6. The first-order valence-electron chi connectivity index (χ1n) is 12.3. The summed E-state index contributed by atoms with van der Waals surface area (Å²) in [6, 6.07) is 19.5. The topological polar surface area (TPSA) is 121 Å². The fourth-order valence-corrected chi connectivity index (χ4v) is 4.26. The summed E-state index contributed by atoms with van der Waals surface area (Å²) in [7, 11) is 1.54. The van der Waals surface area contributed by atoms with E-state index in [1.165, 1.54) is 13.8 Å². The molecule has 0 spiro atoms. The van der Waals surface area contributed by atoms with Gasteiger partial charge in [0.25, 0.3) is 0 Å². The number of methoxy groups -OCH3 is 1. The van der Waals surface area contributed by atoms with Crippen molar-refractivity contribution in [1.82, 2.24) is 4.57 Å². The van der Waals surface area contributed by atoms with Crippen LogP contribution in [0.1, 0.15) is 56.9 Å². The molecule has 4 rings (SSSR count). The summed E-state index contributed by atoms with van der Waals surface area (Å²) < 4.78 is 12.8. The Morgan fingerprint density at radius 3 is 2.44 bits per heavy atom. The number of carbonyl (C=O) groups excluding carboxylic acids is 2. The van der Waals surface area contributed by atoms with Crippen LogP contribution in [-0.4, -0.2) is 40.0 Å². The summed E-state index contributed by atoms with van der Waals surface area (Å²) in [5.74, 6) is -1.25. The van der Waals surface area contributed by atoms with Gasteiger partial charge < -0.3 is 24.9 Å². The standard InChI is InChI=1S/C31H30N2O6/c1-19-27(28(34)22-9-6-10-24(16-22)38-4)25-17-23(29(32)35)11-12-26(25)33(19)14-13-20-7-5-8-21(15-20)18-39-31(2,3)30(36)37/h5-17H,18H2,1-4H3,(H2,32,35)(H,36,37)/b14-13+. The van der Waals surface area contributed by atoms with Gasteiger partial charge >= 0.3 is 5.97 Å². The number of amides is 1. The Morgan fingerprint density at radius 1 is 1.00 bits per heavy atom. The zero-order valence-corrected chi connectivity index (χ0v) is 22.2. The first-order valence-corrected chi connectivity index (χ1v) is 12.3. The van der Waals surface area contributed by atoms with Crippen LogP contribution in [-0.2, 0) is 16.1 Å². The summed E-state index contributed by atoms with van der Waals surface area (Å²) in [5.41, 5.74) is 8.58. The third kappa shape index (κ3) is 5.76. The molecule has 3 aromatic carbocycles. The van der Waals surface area contributed by atoms with Crippen molar-refractivity contribution in [3.8, 4) is 5.75 Å². The van der Waals surface area contributed by atoms with Gasteiger partial charge in [0.2, 0.25) is 5.91 Å². The highest BCUT2D eigenvalue weighted by Crippen LogP contribution is 2.30. The molecule has 4 aromatic rings. The lowest BCUT2D eigenvalue weighted by molar-refractivity contribution is -0.162. The SMILES string of the molecule is COc1cccc(C(=O)c2c(C)n(/C=C/c3cccc(COC(C)(C)C(=O)O)c3)c3ccc(C(N)=O)cc23)c1. The average Bonchev–Trinajstić information content (AvgIpc) is 3.20. The van der Waals surface area contributed by atoms with Crippen LogP contribution in [0.15, 0.2) is 66.7 Å². The molecule has 39 heavy (non-hydrogen) atoms. The van der Waals surface area contributed by atoms with E-state index in [9.17, 15) is 19.5 Å². The zero-order chi connectivity index (χ0) is 28.3. The molecule has 0 bridgehead atoms. The highest BCUT2D eigenvalue weighted by molar-refractivity contribution is 6.18. The summed E-state index contributed by atoms with van der Waals surface area (Å²) in [4.78, 5) is 37.0.